The first kappa shape index (κ1) is 14.8. The molecule has 5 nitrogen and oxygen atoms in total. The Hall–Kier alpha value is -1.59. The van der Waals surface area contributed by atoms with Gasteiger partial charge in [0, 0.05) is 18.7 Å². The summed E-state index contributed by atoms with van der Waals surface area (Å²) in [5.74, 6) is 1.18. The number of nitrogens with two attached hydrogens (primary N) is 1. The van der Waals surface area contributed by atoms with Crippen molar-refractivity contribution in [3.8, 4) is 0 Å². The monoisotopic (exact) mass is 277 g/mol. The summed E-state index contributed by atoms with van der Waals surface area (Å²) in [4.78, 5) is 0. The number of rotatable bonds is 6. The summed E-state index contributed by atoms with van der Waals surface area (Å²) in [7, 11) is 0. The Bertz CT molecular complexity index is 445. The standard InChI is InChI=1S/C15H23N3O2/c16-15(18-20)12-6-4-11(5-7-12)8-17-9-13-2-1-3-14(13)10-19/h4-7,13-14,17,19-20H,1-3,8-10H2,(H2,16,18). The van der Waals surface area contributed by atoms with Crippen LogP contribution in [0.2, 0.25) is 0 Å². The van der Waals surface area contributed by atoms with E-state index in [1.165, 1.54) is 12.8 Å². The van der Waals surface area contributed by atoms with E-state index in [-0.39, 0.29) is 5.84 Å². The van der Waals surface area contributed by atoms with Crippen LogP contribution in [0.15, 0.2) is 29.4 Å². The van der Waals surface area contributed by atoms with Crippen LogP contribution in [0.25, 0.3) is 0 Å². The van der Waals surface area contributed by atoms with Gasteiger partial charge in [0.2, 0.25) is 0 Å². The van der Waals surface area contributed by atoms with Gasteiger partial charge in [0.15, 0.2) is 5.84 Å². The van der Waals surface area contributed by atoms with Crippen molar-refractivity contribution in [2.45, 2.75) is 25.8 Å². The molecule has 0 saturated heterocycles. The average molecular weight is 277 g/mol. The highest BCUT2D eigenvalue weighted by molar-refractivity contribution is 5.96. The van der Waals surface area contributed by atoms with Crippen molar-refractivity contribution in [1.29, 1.82) is 0 Å². The van der Waals surface area contributed by atoms with Crippen molar-refractivity contribution in [1.82, 2.24) is 5.32 Å². The molecule has 1 aliphatic carbocycles. The third-order valence-corrected chi connectivity index (χ3v) is 4.14. The number of amidine groups is 1. The quantitative estimate of drug-likeness (QED) is 0.273. The molecule has 20 heavy (non-hydrogen) atoms. The van der Waals surface area contributed by atoms with E-state index in [1.807, 2.05) is 24.3 Å². The van der Waals surface area contributed by atoms with Gasteiger partial charge in [-0.1, -0.05) is 35.8 Å². The van der Waals surface area contributed by atoms with Crippen molar-refractivity contribution in [2.75, 3.05) is 13.2 Å². The fraction of sp³-hybridized carbons (Fsp3) is 0.533. The van der Waals surface area contributed by atoms with Crippen LogP contribution in [0.5, 0.6) is 0 Å². The summed E-state index contributed by atoms with van der Waals surface area (Å²) >= 11 is 0. The molecule has 0 spiro atoms. The minimum absolute atomic E-state index is 0.126. The highest BCUT2D eigenvalue weighted by atomic mass is 16.4. The first-order valence-electron chi connectivity index (χ1n) is 7.13. The zero-order chi connectivity index (χ0) is 14.4. The molecule has 110 valence electrons. The van der Waals surface area contributed by atoms with Crippen molar-refractivity contribution in [3.63, 3.8) is 0 Å². The van der Waals surface area contributed by atoms with Gasteiger partial charge in [0.1, 0.15) is 0 Å². The second kappa shape index (κ2) is 7.26. The van der Waals surface area contributed by atoms with Gasteiger partial charge in [-0.25, -0.2) is 0 Å². The summed E-state index contributed by atoms with van der Waals surface area (Å²) in [6.45, 7) is 2.05. The maximum absolute atomic E-state index is 9.29. The predicted molar refractivity (Wildman–Crippen MR) is 78.6 cm³/mol. The molecule has 0 heterocycles. The first-order valence-corrected chi connectivity index (χ1v) is 7.13. The minimum atomic E-state index is 0.126. The molecule has 2 unspecified atom stereocenters. The highest BCUT2D eigenvalue weighted by Gasteiger charge is 2.25. The second-order valence-corrected chi connectivity index (χ2v) is 5.45. The summed E-state index contributed by atoms with van der Waals surface area (Å²) in [6, 6.07) is 7.63. The number of benzene rings is 1. The van der Waals surface area contributed by atoms with E-state index in [0.29, 0.717) is 24.0 Å². The fourth-order valence-corrected chi connectivity index (χ4v) is 2.88. The van der Waals surface area contributed by atoms with Gasteiger partial charge in [0.05, 0.1) is 0 Å². The number of nitrogens with zero attached hydrogens (tertiary/aromatic N) is 1. The van der Waals surface area contributed by atoms with E-state index in [2.05, 4.69) is 10.5 Å². The Morgan fingerprint density at radius 2 is 1.95 bits per heavy atom. The molecule has 2 rings (SSSR count). The Kier molecular flexibility index (Phi) is 5.38. The number of nitrogens with one attached hydrogen (secondary N) is 1. The highest BCUT2D eigenvalue weighted by Crippen LogP contribution is 2.30. The van der Waals surface area contributed by atoms with E-state index in [1.54, 1.807) is 0 Å². The van der Waals surface area contributed by atoms with Crippen molar-refractivity contribution in [3.05, 3.63) is 35.4 Å². The molecular weight excluding hydrogens is 254 g/mol. The molecule has 0 radical (unpaired) electrons. The third kappa shape index (κ3) is 3.71. The minimum Gasteiger partial charge on any atom is -0.409 e. The molecule has 0 aliphatic heterocycles. The van der Waals surface area contributed by atoms with Crippen LogP contribution in [-0.4, -0.2) is 29.3 Å². The van der Waals surface area contributed by atoms with Crippen LogP contribution in [0.3, 0.4) is 0 Å². The summed E-state index contributed by atoms with van der Waals surface area (Å²) in [5.41, 5.74) is 7.40. The SMILES string of the molecule is NC(=NO)c1ccc(CNCC2CCCC2CO)cc1. The molecule has 1 aromatic carbocycles. The molecule has 5 heteroatoms. The molecule has 1 saturated carbocycles. The second-order valence-electron chi connectivity index (χ2n) is 5.45. The number of hydrogen-bond donors (Lipinski definition) is 4. The van der Waals surface area contributed by atoms with Crippen LogP contribution < -0.4 is 11.1 Å². The van der Waals surface area contributed by atoms with Crippen molar-refractivity contribution < 1.29 is 10.3 Å². The fourth-order valence-electron chi connectivity index (χ4n) is 2.88. The summed E-state index contributed by atoms with van der Waals surface area (Å²) in [5, 5.41) is 24.3. The molecular formula is C15H23N3O2. The normalized spacial score (nSPS) is 23.1. The number of aliphatic hydroxyl groups excluding tert-OH is 1. The van der Waals surface area contributed by atoms with E-state index >= 15 is 0 Å². The first-order chi connectivity index (χ1) is 9.74. The lowest BCUT2D eigenvalue weighted by Crippen LogP contribution is -2.26. The molecule has 0 aromatic heterocycles. The number of oxime groups is 1. The van der Waals surface area contributed by atoms with Gasteiger partial charge in [0.25, 0.3) is 0 Å². The Morgan fingerprint density at radius 1 is 1.25 bits per heavy atom. The largest absolute Gasteiger partial charge is 0.409 e. The Morgan fingerprint density at radius 3 is 2.60 bits per heavy atom. The predicted octanol–water partition coefficient (Wildman–Crippen LogP) is 1.28. The maximum atomic E-state index is 9.29. The molecule has 0 bridgehead atoms. The van der Waals surface area contributed by atoms with Gasteiger partial charge >= 0.3 is 0 Å². The van der Waals surface area contributed by atoms with Gasteiger partial charge < -0.3 is 21.4 Å². The van der Waals surface area contributed by atoms with Crippen molar-refractivity contribution >= 4 is 5.84 Å². The molecule has 1 aliphatic rings. The van der Waals surface area contributed by atoms with E-state index in [4.69, 9.17) is 10.9 Å². The van der Waals surface area contributed by atoms with E-state index in [0.717, 1.165) is 25.1 Å². The molecule has 1 fully saturated rings. The smallest absolute Gasteiger partial charge is 0.170 e. The molecule has 1 aromatic rings. The zero-order valence-electron chi connectivity index (χ0n) is 11.6. The average Bonchev–Trinajstić information content (AvgIpc) is 2.94. The van der Waals surface area contributed by atoms with Crippen LogP contribution in [0.4, 0.5) is 0 Å². The molecule has 5 N–H and O–H groups in total. The maximum Gasteiger partial charge on any atom is 0.170 e. The van der Waals surface area contributed by atoms with E-state index < -0.39 is 0 Å². The van der Waals surface area contributed by atoms with Crippen molar-refractivity contribution in [2.24, 2.45) is 22.7 Å². The lowest BCUT2D eigenvalue weighted by molar-refractivity contribution is 0.192. The van der Waals surface area contributed by atoms with Crippen LogP contribution in [0.1, 0.15) is 30.4 Å². The summed E-state index contributed by atoms with van der Waals surface area (Å²) < 4.78 is 0. The van der Waals surface area contributed by atoms with Crippen LogP contribution in [0, 0.1) is 11.8 Å². The summed E-state index contributed by atoms with van der Waals surface area (Å²) in [6.07, 6.45) is 3.59. The lowest BCUT2D eigenvalue weighted by Gasteiger charge is -2.17. The van der Waals surface area contributed by atoms with Gasteiger partial charge in [-0.3, -0.25) is 0 Å². The van der Waals surface area contributed by atoms with Crippen LogP contribution in [-0.2, 0) is 6.54 Å². The van der Waals surface area contributed by atoms with Gasteiger partial charge in [-0.2, -0.15) is 0 Å². The third-order valence-electron chi connectivity index (χ3n) is 4.14. The van der Waals surface area contributed by atoms with Crippen LogP contribution >= 0.6 is 0 Å². The lowest BCUT2D eigenvalue weighted by atomic mass is 9.97. The zero-order valence-corrected chi connectivity index (χ0v) is 11.6. The number of aliphatic hydroxyl groups is 1. The number of hydrogen-bond acceptors (Lipinski definition) is 4. The van der Waals surface area contributed by atoms with Gasteiger partial charge in [-0.05, 0) is 36.8 Å². The van der Waals surface area contributed by atoms with E-state index in [9.17, 15) is 5.11 Å². The topological polar surface area (TPSA) is 90.9 Å². The molecule has 0 amide bonds. The Labute approximate surface area is 119 Å². The Balaban J connectivity index is 1.79. The van der Waals surface area contributed by atoms with Gasteiger partial charge in [-0.15, -0.1) is 0 Å². The molecule has 2 atom stereocenters.